The molecule has 2 aromatic heterocycles. The second-order valence-corrected chi connectivity index (χ2v) is 6.38. The first-order valence-electron chi connectivity index (χ1n) is 8.60. The van der Waals surface area contributed by atoms with Gasteiger partial charge in [0, 0.05) is 55.0 Å². The van der Waals surface area contributed by atoms with Crippen molar-refractivity contribution in [2.24, 2.45) is 18.5 Å². The lowest BCUT2D eigenvalue weighted by Crippen LogP contribution is -2.31. The van der Waals surface area contributed by atoms with Gasteiger partial charge in [-0.25, -0.2) is 13.8 Å². The molecule has 0 radical (unpaired) electrons. The molecule has 0 aliphatic heterocycles. The van der Waals surface area contributed by atoms with Gasteiger partial charge in [-0.2, -0.15) is 4.98 Å². The molecule has 0 spiro atoms. The van der Waals surface area contributed by atoms with Crippen molar-refractivity contribution in [1.29, 1.82) is 0 Å². The average molecular weight is 389 g/mol. The molecule has 3 rings (SSSR count). The van der Waals surface area contributed by atoms with Crippen LogP contribution in [0.2, 0.25) is 0 Å². The summed E-state index contributed by atoms with van der Waals surface area (Å²) in [5.74, 6) is -0.329. The summed E-state index contributed by atoms with van der Waals surface area (Å²) >= 11 is 0. The highest BCUT2D eigenvalue weighted by Gasteiger charge is 2.15. The molecular weight excluding hydrogens is 368 g/mol. The summed E-state index contributed by atoms with van der Waals surface area (Å²) in [5.41, 5.74) is 12.9. The minimum absolute atomic E-state index is 0.0635. The first-order chi connectivity index (χ1) is 13.3. The second-order valence-electron chi connectivity index (χ2n) is 6.38. The lowest BCUT2D eigenvalue weighted by molar-refractivity contribution is 0.100. The van der Waals surface area contributed by atoms with Crippen LogP contribution in [0.1, 0.15) is 16.8 Å². The fourth-order valence-corrected chi connectivity index (χ4v) is 2.82. The van der Waals surface area contributed by atoms with Crippen LogP contribution in [0.15, 0.2) is 36.7 Å². The van der Waals surface area contributed by atoms with Crippen LogP contribution in [0.4, 0.5) is 26.2 Å². The predicted molar refractivity (Wildman–Crippen MR) is 104 cm³/mol. The average Bonchev–Trinajstić information content (AvgIpc) is 3.02. The van der Waals surface area contributed by atoms with Crippen LogP contribution >= 0.6 is 0 Å². The number of carbonyl (C=O) groups excluding carboxylic acids is 1. The van der Waals surface area contributed by atoms with E-state index in [1.807, 2.05) is 42.1 Å². The monoisotopic (exact) mass is 389 g/mol. The van der Waals surface area contributed by atoms with Crippen molar-refractivity contribution in [2.45, 2.75) is 18.9 Å². The Labute approximate surface area is 159 Å². The van der Waals surface area contributed by atoms with E-state index in [0.717, 1.165) is 16.6 Å². The highest BCUT2D eigenvalue weighted by atomic mass is 19.3. The molecule has 148 valence electrons. The van der Waals surface area contributed by atoms with Crippen LogP contribution in [-0.4, -0.2) is 39.5 Å². The number of amides is 1. The van der Waals surface area contributed by atoms with E-state index in [4.69, 9.17) is 11.5 Å². The van der Waals surface area contributed by atoms with E-state index in [0.29, 0.717) is 0 Å². The molecule has 0 aliphatic carbocycles. The van der Waals surface area contributed by atoms with E-state index in [-0.39, 0.29) is 23.9 Å². The molecule has 2 heterocycles. The number of nitrogens with zero attached hydrogens (tertiary/aromatic N) is 3. The summed E-state index contributed by atoms with van der Waals surface area (Å²) in [6.45, 7) is 0.0635. The molecule has 1 amide bonds. The standard InChI is InChI=1S/C18H21F2N7O/c1-27-6-5-11-13(3-2-4-14(11)27)25-17-12(16(22)28)9-24-18(26-17)23-8-10(21)7-15(19)20/h2-6,9-10,15H,7-8,21H2,1H3,(H2,22,28)(H2,23,24,25,26)/t10-/m0/s1. The molecule has 28 heavy (non-hydrogen) atoms. The maximum Gasteiger partial charge on any atom is 0.254 e. The summed E-state index contributed by atoms with van der Waals surface area (Å²) in [6, 6.07) is 6.87. The lowest BCUT2D eigenvalue weighted by Gasteiger charge is -2.14. The Morgan fingerprint density at radius 2 is 2.11 bits per heavy atom. The van der Waals surface area contributed by atoms with E-state index >= 15 is 0 Å². The molecule has 1 aromatic carbocycles. The van der Waals surface area contributed by atoms with Crippen molar-refractivity contribution in [3.8, 4) is 0 Å². The van der Waals surface area contributed by atoms with E-state index in [1.165, 1.54) is 6.20 Å². The summed E-state index contributed by atoms with van der Waals surface area (Å²) in [5, 5.41) is 6.86. The van der Waals surface area contributed by atoms with E-state index in [2.05, 4.69) is 20.6 Å². The molecule has 10 heteroatoms. The number of benzene rings is 1. The van der Waals surface area contributed by atoms with Crippen LogP contribution in [-0.2, 0) is 7.05 Å². The molecule has 3 aromatic rings. The van der Waals surface area contributed by atoms with Gasteiger partial charge in [0.25, 0.3) is 5.91 Å². The third-order valence-corrected chi connectivity index (χ3v) is 4.24. The maximum atomic E-state index is 12.4. The molecule has 0 aliphatic rings. The highest BCUT2D eigenvalue weighted by Crippen LogP contribution is 2.27. The van der Waals surface area contributed by atoms with Gasteiger partial charge in [-0.1, -0.05) is 6.07 Å². The second kappa shape index (κ2) is 8.17. The number of fused-ring (bicyclic) bond motifs is 1. The van der Waals surface area contributed by atoms with Crippen LogP contribution in [0.25, 0.3) is 10.9 Å². The van der Waals surface area contributed by atoms with Crippen molar-refractivity contribution in [3.05, 3.63) is 42.2 Å². The van der Waals surface area contributed by atoms with E-state index in [9.17, 15) is 13.6 Å². The quantitative estimate of drug-likeness (QED) is 0.468. The number of aryl methyl sites for hydroxylation is 1. The number of halogens is 2. The Morgan fingerprint density at radius 3 is 2.82 bits per heavy atom. The molecular formula is C18H21F2N7O. The zero-order chi connectivity index (χ0) is 20.3. The highest BCUT2D eigenvalue weighted by molar-refractivity contribution is 6.00. The number of rotatable bonds is 8. The van der Waals surface area contributed by atoms with E-state index in [1.54, 1.807) is 0 Å². The van der Waals surface area contributed by atoms with Gasteiger partial charge in [-0.3, -0.25) is 4.79 Å². The van der Waals surface area contributed by atoms with Gasteiger partial charge in [0.1, 0.15) is 11.4 Å². The zero-order valence-electron chi connectivity index (χ0n) is 15.2. The number of alkyl halides is 2. The molecule has 0 bridgehead atoms. The van der Waals surface area contributed by atoms with Crippen LogP contribution < -0.4 is 22.1 Å². The molecule has 0 saturated carbocycles. The lowest BCUT2D eigenvalue weighted by atomic mass is 10.2. The van der Waals surface area contributed by atoms with Crippen molar-refractivity contribution >= 4 is 34.3 Å². The van der Waals surface area contributed by atoms with Crippen molar-refractivity contribution < 1.29 is 13.6 Å². The molecule has 0 fully saturated rings. The van der Waals surface area contributed by atoms with Crippen molar-refractivity contribution in [2.75, 3.05) is 17.2 Å². The van der Waals surface area contributed by atoms with Crippen LogP contribution in [0, 0.1) is 0 Å². The smallest absolute Gasteiger partial charge is 0.254 e. The Hall–Kier alpha value is -3.27. The summed E-state index contributed by atoms with van der Waals surface area (Å²) in [7, 11) is 1.93. The predicted octanol–water partition coefficient (Wildman–Crippen LogP) is 2.21. The Kier molecular flexibility index (Phi) is 5.69. The van der Waals surface area contributed by atoms with Crippen LogP contribution in [0.3, 0.4) is 0 Å². The third kappa shape index (κ3) is 4.34. The van der Waals surface area contributed by atoms with Gasteiger partial charge in [0.15, 0.2) is 0 Å². The largest absolute Gasteiger partial charge is 0.365 e. The first kappa shape index (κ1) is 19.5. The SMILES string of the molecule is Cn1ccc2c(Nc3nc(NC[C@@H](N)CC(F)F)ncc3C(N)=O)cccc21. The molecule has 6 N–H and O–H groups in total. The first-order valence-corrected chi connectivity index (χ1v) is 8.60. The molecule has 8 nitrogen and oxygen atoms in total. The topological polar surface area (TPSA) is 124 Å². The fraction of sp³-hybridized carbons (Fsp3) is 0.278. The molecule has 0 saturated heterocycles. The number of nitrogens with one attached hydrogen (secondary N) is 2. The maximum absolute atomic E-state index is 12.4. The number of anilines is 3. The Balaban J connectivity index is 1.86. The van der Waals surface area contributed by atoms with Crippen LogP contribution in [0.5, 0.6) is 0 Å². The summed E-state index contributed by atoms with van der Waals surface area (Å²) < 4.78 is 26.7. The molecule has 1 atom stereocenters. The van der Waals surface area contributed by atoms with Gasteiger partial charge in [0.2, 0.25) is 12.4 Å². The van der Waals surface area contributed by atoms with E-state index < -0.39 is 24.8 Å². The minimum Gasteiger partial charge on any atom is -0.365 e. The van der Waals surface area contributed by atoms with Gasteiger partial charge in [0.05, 0.1) is 0 Å². The number of carbonyl (C=O) groups is 1. The van der Waals surface area contributed by atoms with Gasteiger partial charge in [-0.05, 0) is 18.2 Å². The Morgan fingerprint density at radius 1 is 1.32 bits per heavy atom. The number of hydrogen-bond donors (Lipinski definition) is 4. The zero-order valence-corrected chi connectivity index (χ0v) is 15.2. The van der Waals surface area contributed by atoms with Gasteiger partial charge in [-0.15, -0.1) is 0 Å². The Bertz CT molecular complexity index is 989. The summed E-state index contributed by atoms with van der Waals surface area (Å²) in [4.78, 5) is 20.0. The normalized spacial score (nSPS) is 12.3. The molecule has 0 unspecified atom stereocenters. The van der Waals surface area contributed by atoms with Gasteiger partial charge < -0.3 is 26.7 Å². The number of aromatic nitrogens is 3. The minimum atomic E-state index is -2.49. The van der Waals surface area contributed by atoms with Gasteiger partial charge >= 0.3 is 0 Å². The number of primary amides is 1. The number of hydrogen-bond acceptors (Lipinski definition) is 6. The fourth-order valence-electron chi connectivity index (χ4n) is 2.82. The van der Waals surface area contributed by atoms with Crippen molar-refractivity contribution in [1.82, 2.24) is 14.5 Å². The number of nitrogens with two attached hydrogens (primary N) is 2. The third-order valence-electron chi connectivity index (χ3n) is 4.24. The van der Waals surface area contributed by atoms with Crippen molar-refractivity contribution in [3.63, 3.8) is 0 Å². The summed E-state index contributed by atoms with van der Waals surface area (Å²) in [6.07, 6.45) is 0.276.